The summed E-state index contributed by atoms with van der Waals surface area (Å²) in [5.41, 5.74) is 0. The average molecular weight is 173 g/mol. The SMILES string of the molecule is OCC1N2CCC(CC2)C1(O)O. The maximum Gasteiger partial charge on any atom is 0.183 e. The molecule has 3 N–H and O–H groups in total. The molecule has 0 amide bonds. The quantitative estimate of drug-likeness (QED) is 0.434. The van der Waals surface area contributed by atoms with Crippen LogP contribution in [-0.2, 0) is 0 Å². The Hall–Kier alpha value is -0.160. The first-order valence-corrected chi connectivity index (χ1v) is 4.46. The molecule has 0 radical (unpaired) electrons. The van der Waals surface area contributed by atoms with Gasteiger partial charge in [0.15, 0.2) is 5.79 Å². The van der Waals surface area contributed by atoms with Crippen LogP contribution in [0.3, 0.4) is 0 Å². The molecule has 3 rings (SSSR count). The summed E-state index contributed by atoms with van der Waals surface area (Å²) in [5.74, 6) is -1.70. The zero-order valence-electron chi connectivity index (χ0n) is 6.98. The van der Waals surface area contributed by atoms with Crippen molar-refractivity contribution in [1.82, 2.24) is 4.90 Å². The van der Waals surface area contributed by atoms with Crippen molar-refractivity contribution >= 4 is 0 Å². The molecule has 4 nitrogen and oxygen atoms in total. The van der Waals surface area contributed by atoms with Gasteiger partial charge in [-0.3, -0.25) is 4.90 Å². The predicted molar refractivity (Wildman–Crippen MR) is 42.3 cm³/mol. The lowest BCUT2D eigenvalue weighted by Crippen LogP contribution is -2.67. The van der Waals surface area contributed by atoms with Gasteiger partial charge in [0.25, 0.3) is 0 Å². The molecule has 2 bridgehead atoms. The van der Waals surface area contributed by atoms with E-state index in [1.165, 1.54) is 0 Å². The topological polar surface area (TPSA) is 63.9 Å². The third kappa shape index (κ3) is 0.992. The van der Waals surface area contributed by atoms with Crippen molar-refractivity contribution in [3.8, 4) is 0 Å². The van der Waals surface area contributed by atoms with Gasteiger partial charge in [-0.25, -0.2) is 0 Å². The normalized spacial score (nSPS) is 44.8. The summed E-state index contributed by atoms with van der Waals surface area (Å²) in [4.78, 5) is 1.96. The van der Waals surface area contributed by atoms with Gasteiger partial charge in [-0.15, -0.1) is 0 Å². The minimum atomic E-state index is -1.66. The number of aliphatic hydroxyl groups excluding tert-OH is 1. The summed E-state index contributed by atoms with van der Waals surface area (Å²) in [7, 11) is 0. The first-order valence-electron chi connectivity index (χ1n) is 4.46. The minimum absolute atomic E-state index is 0.0420. The number of aliphatic hydroxyl groups is 3. The first kappa shape index (κ1) is 8.44. The highest BCUT2D eigenvalue weighted by molar-refractivity contribution is 4.98. The fraction of sp³-hybridized carbons (Fsp3) is 1.00. The number of hydrogen-bond acceptors (Lipinski definition) is 4. The Labute approximate surface area is 71.4 Å². The lowest BCUT2D eigenvalue weighted by atomic mass is 9.78. The second-order valence-electron chi connectivity index (χ2n) is 3.79. The van der Waals surface area contributed by atoms with Gasteiger partial charge in [-0.1, -0.05) is 0 Å². The van der Waals surface area contributed by atoms with E-state index in [2.05, 4.69) is 0 Å². The molecule has 0 aromatic carbocycles. The zero-order valence-corrected chi connectivity index (χ0v) is 6.98. The molecule has 1 atom stereocenters. The molecule has 3 aliphatic heterocycles. The molecule has 4 heteroatoms. The van der Waals surface area contributed by atoms with Crippen LogP contribution in [0.25, 0.3) is 0 Å². The second kappa shape index (κ2) is 2.67. The zero-order chi connectivity index (χ0) is 8.77. The third-order valence-corrected chi connectivity index (χ3v) is 3.23. The summed E-state index contributed by atoms with van der Waals surface area (Å²) in [6.45, 7) is 1.61. The Morgan fingerprint density at radius 1 is 1.25 bits per heavy atom. The summed E-state index contributed by atoms with van der Waals surface area (Å²) >= 11 is 0. The van der Waals surface area contributed by atoms with Crippen molar-refractivity contribution in [3.63, 3.8) is 0 Å². The van der Waals surface area contributed by atoms with Crippen LogP contribution in [0.1, 0.15) is 12.8 Å². The van der Waals surface area contributed by atoms with Crippen LogP contribution >= 0.6 is 0 Å². The lowest BCUT2D eigenvalue weighted by molar-refractivity contribution is -0.285. The fourth-order valence-corrected chi connectivity index (χ4v) is 2.43. The number of piperidine rings is 3. The van der Waals surface area contributed by atoms with Gasteiger partial charge in [0, 0.05) is 5.92 Å². The molecule has 0 saturated carbocycles. The van der Waals surface area contributed by atoms with Crippen molar-refractivity contribution < 1.29 is 15.3 Å². The third-order valence-electron chi connectivity index (χ3n) is 3.23. The Kier molecular flexibility index (Phi) is 1.88. The summed E-state index contributed by atoms with van der Waals surface area (Å²) in [5, 5.41) is 28.3. The van der Waals surface area contributed by atoms with E-state index < -0.39 is 11.8 Å². The molecule has 0 aromatic rings. The predicted octanol–water partition coefficient (Wildman–Crippen LogP) is -1.25. The van der Waals surface area contributed by atoms with Crippen LogP contribution in [0.15, 0.2) is 0 Å². The van der Waals surface area contributed by atoms with Crippen molar-refractivity contribution in [1.29, 1.82) is 0 Å². The Morgan fingerprint density at radius 3 is 2.17 bits per heavy atom. The first-order chi connectivity index (χ1) is 5.66. The molecule has 1 unspecified atom stereocenters. The van der Waals surface area contributed by atoms with E-state index in [1.807, 2.05) is 4.90 Å². The van der Waals surface area contributed by atoms with Crippen LogP contribution < -0.4 is 0 Å². The van der Waals surface area contributed by atoms with Gasteiger partial charge < -0.3 is 15.3 Å². The summed E-state index contributed by atoms with van der Waals surface area (Å²) in [6.07, 6.45) is 1.67. The van der Waals surface area contributed by atoms with Gasteiger partial charge in [0.05, 0.1) is 12.6 Å². The summed E-state index contributed by atoms with van der Waals surface area (Å²) < 4.78 is 0. The van der Waals surface area contributed by atoms with Gasteiger partial charge in [-0.05, 0) is 25.9 Å². The highest BCUT2D eigenvalue weighted by Crippen LogP contribution is 2.38. The van der Waals surface area contributed by atoms with E-state index in [0.29, 0.717) is 0 Å². The van der Waals surface area contributed by atoms with Crippen molar-refractivity contribution in [2.75, 3.05) is 19.7 Å². The summed E-state index contributed by atoms with van der Waals surface area (Å²) in [6, 6.07) is -0.468. The molecule has 3 aliphatic rings. The standard InChI is InChI=1S/C8H15NO3/c10-5-7-8(11,12)6-1-3-9(7)4-2-6/h6-7,10-12H,1-5H2. The van der Waals surface area contributed by atoms with Gasteiger partial charge >= 0.3 is 0 Å². The van der Waals surface area contributed by atoms with Crippen LogP contribution in [0, 0.1) is 5.92 Å². The highest BCUT2D eigenvalue weighted by Gasteiger charge is 2.51. The number of hydrogen-bond donors (Lipinski definition) is 3. The molecule has 3 heterocycles. The maximum atomic E-state index is 9.68. The Balaban J connectivity index is 2.21. The molecule has 3 fully saturated rings. The molecule has 0 aliphatic carbocycles. The minimum Gasteiger partial charge on any atom is -0.395 e. The van der Waals surface area contributed by atoms with E-state index in [-0.39, 0.29) is 12.5 Å². The van der Waals surface area contributed by atoms with Gasteiger partial charge in [0.1, 0.15) is 0 Å². The second-order valence-corrected chi connectivity index (χ2v) is 3.79. The molecule has 0 spiro atoms. The number of nitrogens with zero attached hydrogens (tertiary/aromatic N) is 1. The van der Waals surface area contributed by atoms with Gasteiger partial charge in [-0.2, -0.15) is 0 Å². The van der Waals surface area contributed by atoms with E-state index in [0.717, 1.165) is 25.9 Å². The Bertz CT molecular complexity index is 175. The number of rotatable bonds is 1. The van der Waals surface area contributed by atoms with E-state index >= 15 is 0 Å². The maximum absolute atomic E-state index is 9.68. The fourth-order valence-electron chi connectivity index (χ4n) is 2.43. The molecule has 0 aromatic heterocycles. The van der Waals surface area contributed by atoms with E-state index in [1.54, 1.807) is 0 Å². The van der Waals surface area contributed by atoms with Crippen molar-refractivity contribution in [3.05, 3.63) is 0 Å². The lowest BCUT2D eigenvalue weighted by Gasteiger charge is -2.52. The Morgan fingerprint density at radius 2 is 1.83 bits per heavy atom. The largest absolute Gasteiger partial charge is 0.395 e. The van der Waals surface area contributed by atoms with Crippen LogP contribution in [-0.4, -0.2) is 51.7 Å². The average Bonchev–Trinajstić information content (AvgIpc) is 2.05. The van der Waals surface area contributed by atoms with Crippen LogP contribution in [0.2, 0.25) is 0 Å². The van der Waals surface area contributed by atoms with Crippen LogP contribution in [0.5, 0.6) is 0 Å². The van der Waals surface area contributed by atoms with Crippen molar-refractivity contribution in [2.24, 2.45) is 5.92 Å². The molecule has 70 valence electrons. The molecule has 3 saturated heterocycles. The van der Waals surface area contributed by atoms with Crippen LogP contribution in [0.4, 0.5) is 0 Å². The smallest absolute Gasteiger partial charge is 0.183 e. The van der Waals surface area contributed by atoms with Gasteiger partial charge in [0.2, 0.25) is 0 Å². The molecular formula is C8H15NO3. The van der Waals surface area contributed by atoms with E-state index in [9.17, 15) is 10.2 Å². The highest BCUT2D eigenvalue weighted by atomic mass is 16.5. The van der Waals surface area contributed by atoms with E-state index in [4.69, 9.17) is 5.11 Å². The van der Waals surface area contributed by atoms with Crippen molar-refractivity contribution in [2.45, 2.75) is 24.7 Å². The molecular weight excluding hydrogens is 158 g/mol. The number of fused-ring (bicyclic) bond motifs is 3. The monoisotopic (exact) mass is 173 g/mol. The molecule has 12 heavy (non-hydrogen) atoms.